The van der Waals surface area contributed by atoms with Crippen molar-refractivity contribution in [3.63, 3.8) is 0 Å². The Morgan fingerprint density at radius 1 is 1.33 bits per heavy atom. The maximum Gasteiger partial charge on any atom is 0.490 e. The maximum absolute atomic E-state index is 11.9. The highest BCUT2D eigenvalue weighted by Crippen LogP contribution is 2.41. The van der Waals surface area contributed by atoms with E-state index in [2.05, 4.69) is 11.7 Å². The number of rotatable bonds is 7. The zero-order valence-corrected chi connectivity index (χ0v) is 10.7. The Hall–Kier alpha value is -0.780. The van der Waals surface area contributed by atoms with Gasteiger partial charge in [0.25, 0.3) is 0 Å². The Balaban J connectivity index is 2.17. The minimum absolute atomic E-state index is 0.317. The SMILES string of the molecule is CCCCCCC1(C)OC1COC(=O)C(F)(F)F. The van der Waals surface area contributed by atoms with E-state index in [9.17, 15) is 18.0 Å². The van der Waals surface area contributed by atoms with Crippen LogP contribution in [0.15, 0.2) is 0 Å². The summed E-state index contributed by atoms with van der Waals surface area (Å²) >= 11 is 0. The lowest BCUT2D eigenvalue weighted by atomic mass is 9.99. The molecule has 1 fully saturated rings. The lowest BCUT2D eigenvalue weighted by molar-refractivity contribution is -0.200. The van der Waals surface area contributed by atoms with Crippen molar-refractivity contribution in [1.82, 2.24) is 0 Å². The number of hydrogen-bond donors (Lipinski definition) is 0. The second-order valence-electron chi connectivity index (χ2n) is 4.83. The lowest BCUT2D eigenvalue weighted by Crippen LogP contribution is -2.28. The Morgan fingerprint density at radius 2 is 2.00 bits per heavy atom. The van der Waals surface area contributed by atoms with Crippen LogP contribution in [0, 0.1) is 0 Å². The first-order chi connectivity index (χ1) is 8.29. The smallest absolute Gasteiger partial charge is 0.456 e. The molecule has 0 saturated carbocycles. The molecule has 0 spiro atoms. The zero-order chi connectivity index (χ0) is 13.8. The number of carbonyl (C=O) groups excluding carboxylic acids is 1. The normalized spacial score (nSPS) is 27.1. The molecule has 2 atom stereocenters. The van der Waals surface area contributed by atoms with Crippen LogP contribution in [0.4, 0.5) is 13.2 Å². The molecule has 0 aromatic heterocycles. The average Bonchev–Trinajstić information content (AvgIpc) is 2.92. The molecule has 0 N–H and O–H groups in total. The van der Waals surface area contributed by atoms with Gasteiger partial charge in [0.15, 0.2) is 0 Å². The monoisotopic (exact) mass is 268 g/mol. The molecule has 0 aromatic rings. The summed E-state index contributed by atoms with van der Waals surface area (Å²) in [4.78, 5) is 10.5. The van der Waals surface area contributed by atoms with Gasteiger partial charge in [0.1, 0.15) is 12.7 Å². The van der Waals surface area contributed by atoms with Gasteiger partial charge in [-0.1, -0.05) is 32.6 Å². The molecule has 1 saturated heterocycles. The highest BCUT2D eigenvalue weighted by atomic mass is 19.4. The van der Waals surface area contributed by atoms with Crippen molar-refractivity contribution in [2.24, 2.45) is 0 Å². The molecule has 1 aliphatic rings. The summed E-state index contributed by atoms with van der Waals surface area (Å²) in [5.41, 5.74) is -0.417. The fraction of sp³-hybridized carbons (Fsp3) is 0.917. The molecular formula is C12H19F3O3. The molecule has 3 nitrogen and oxygen atoms in total. The molecule has 106 valence electrons. The number of ether oxygens (including phenoxy) is 2. The predicted molar refractivity (Wildman–Crippen MR) is 59.1 cm³/mol. The molecular weight excluding hydrogens is 249 g/mol. The van der Waals surface area contributed by atoms with E-state index in [0.29, 0.717) is 0 Å². The number of carbonyl (C=O) groups is 1. The van der Waals surface area contributed by atoms with E-state index in [0.717, 1.165) is 32.1 Å². The quantitative estimate of drug-likeness (QED) is 0.404. The Kier molecular flexibility index (Phi) is 5.01. The molecule has 1 aliphatic heterocycles. The molecule has 0 amide bonds. The number of halogens is 3. The van der Waals surface area contributed by atoms with Gasteiger partial charge in [-0.2, -0.15) is 13.2 Å². The summed E-state index contributed by atoms with van der Waals surface area (Å²) in [5.74, 6) is -2.15. The van der Waals surface area contributed by atoms with E-state index in [1.165, 1.54) is 0 Å². The number of epoxide rings is 1. The van der Waals surface area contributed by atoms with E-state index in [1.807, 2.05) is 6.92 Å². The molecule has 0 bridgehead atoms. The van der Waals surface area contributed by atoms with Gasteiger partial charge in [0.2, 0.25) is 0 Å². The highest BCUT2D eigenvalue weighted by molar-refractivity contribution is 5.75. The summed E-state index contributed by atoms with van der Waals surface area (Å²) in [6.45, 7) is 3.63. The van der Waals surface area contributed by atoms with E-state index in [4.69, 9.17) is 4.74 Å². The second kappa shape index (κ2) is 5.91. The minimum Gasteiger partial charge on any atom is -0.456 e. The summed E-state index contributed by atoms with van der Waals surface area (Å²) in [6.07, 6.45) is -0.189. The van der Waals surface area contributed by atoms with Gasteiger partial charge in [-0.3, -0.25) is 0 Å². The van der Waals surface area contributed by atoms with Gasteiger partial charge >= 0.3 is 12.1 Å². The van der Waals surface area contributed by atoms with Crippen LogP contribution in [0.3, 0.4) is 0 Å². The minimum atomic E-state index is -4.92. The molecule has 18 heavy (non-hydrogen) atoms. The third-order valence-corrected chi connectivity index (χ3v) is 3.16. The van der Waals surface area contributed by atoms with Crippen LogP contribution in [-0.2, 0) is 14.3 Å². The molecule has 0 radical (unpaired) electrons. The van der Waals surface area contributed by atoms with Crippen LogP contribution >= 0.6 is 0 Å². The van der Waals surface area contributed by atoms with E-state index in [1.54, 1.807) is 0 Å². The third-order valence-electron chi connectivity index (χ3n) is 3.16. The largest absolute Gasteiger partial charge is 0.490 e. The zero-order valence-electron chi connectivity index (χ0n) is 10.7. The molecule has 2 unspecified atom stereocenters. The number of esters is 1. The molecule has 0 aliphatic carbocycles. The van der Waals surface area contributed by atoms with E-state index in [-0.39, 0.29) is 6.61 Å². The van der Waals surface area contributed by atoms with Crippen molar-refractivity contribution >= 4 is 5.97 Å². The van der Waals surface area contributed by atoms with Gasteiger partial charge in [-0.25, -0.2) is 4.79 Å². The topological polar surface area (TPSA) is 38.8 Å². The summed E-state index contributed by atoms with van der Waals surface area (Å²) in [6, 6.07) is 0. The Morgan fingerprint density at radius 3 is 2.56 bits per heavy atom. The van der Waals surface area contributed by atoms with Crippen molar-refractivity contribution in [3.8, 4) is 0 Å². The third kappa shape index (κ3) is 4.48. The van der Waals surface area contributed by atoms with Crippen LogP contribution in [-0.4, -0.2) is 30.5 Å². The van der Waals surface area contributed by atoms with Gasteiger partial charge in [-0.15, -0.1) is 0 Å². The molecule has 1 heterocycles. The summed E-state index contributed by atoms with van der Waals surface area (Å²) in [7, 11) is 0. The Bertz CT molecular complexity index is 291. The van der Waals surface area contributed by atoms with E-state index >= 15 is 0 Å². The highest BCUT2D eigenvalue weighted by Gasteiger charge is 2.53. The van der Waals surface area contributed by atoms with Crippen molar-refractivity contribution in [2.75, 3.05) is 6.61 Å². The number of unbranched alkanes of at least 4 members (excludes halogenated alkanes) is 3. The van der Waals surface area contributed by atoms with Crippen LogP contribution < -0.4 is 0 Å². The number of hydrogen-bond acceptors (Lipinski definition) is 3. The first-order valence-electron chi connectivity index (χ1n) is 6.21. The number of alkyl halides is 3. The van der Waals surface area contributed by atoms with Crippen molar-refractivity contribution in [2.45, 2.75) is 63.8 Å². The lowest BCUT2D eigenvalue weighted by Gasteiger charge is -2.08. The van der Waals surface area contributed by atoms with Crippen molar-refractivity contribution < 1.29 is 27.4 Å². The predicted octanol–water partition coefficient (Wildman–Crippen LogP) is 3.22. The van der Waals surface area contributed by atoms with Crippen LogP contribution in [0.1, 0.15) is 46.0 Å². The fourth-order valence-electron chi connectivity index (χ4n) is 1.86. The second-order valence-corrected chi connectivity index (χ2v) is 4.83. The maximum atomic E-state index is 11.9. The van der Waals surface area contributed by atoms with Gasteiger partial charge < -0.3 is 9.47 Å². The van der Waals surface area contributed by atoms with Crippen molar-refractivity contribution in [1.29, 1.82) is 0 Å². The van der Waals surface area contributed by atoms with Crippen LogP contribution in [0.5, 0.6) is 0 Å². The van der Waals surface area contributed by atoms with Gasteiger partial charge in [0.05, 0.1) is 5.60 Å². The summed E-state index contributed by atoms with van der Waals surface area (Å²) in [5, 5.41) is 0. The van der Waals surface area contributed by atoms with Crippen molar-refractivity contribution in [3.05, 3.63) is 0 Å². The van der Waals surface area contributed by atoms with Crippen LogP contribution in [0.2, 0.25) is 0 Å². The molecule has 6 heteroatoms. The van der Waals surface area contributed by atoms with Crippen LogP contribution in [0.25, 0.3) is 0 Å². The van der Waals surface area contributed by atoms with Gasteiger partial charge in [0, 0.05) is 0 Å². The molecule has 1 rings (SSSR count). The first-order valence-corrected chi connectivity index (χ1v) is 6.21. The Labute approximate surface area is 105 Å². The van der Waals surface area contributed by atoms with Gasteiger partial charge in [-0.05, 0) is 13.3 Å². The standard InChI is InChI=1S/C12H19F3O3/c1-3-4-5-6-7-11(2)9(18-11)8-17-10(16)12(13,14)15/h9H,3-8H2,1-2H3. The van der Waals surface area contributed by atoms with E-state index < -0.39 is 23.9 Å². The average molecular weight is 268 g/mol. The first kappa shape index (κ1) is 15.3. The fourth-order valence-corrected chi connectivity index (χ4v) is 1.86. The summed E-state index contributed by atoms with van der Waals surface area (Å²) < 4.78 is 45.1. The molecule has 0 aromatic carbocycles.